The van der Waals surface area contributed by atoms with Crippen molar-refractivity contribution in [3.63, 3.8) is 0 Å². The summed E-state index contributed by atoms with van der Waals surface area (Å²) in [6.45, 7) is 0. The van der Waals surface area contributed by atoms with Crippen molar-refractivity contribution >= 4 is 29.5 Å². The van der Waals surface area contributed by atoms with E-state index in [1.807, 2.05) is 18.2 Å². The highest BCUT2D eigenvalue weighted by Crippen LogP contribution is 2.33. The van der Waals surface area contributed by atoms with Crippen LogP contribution in [0.4, 0.5) is 8.78 Å². The van der Waals surface area contributed by atoms with Crippen LogP contribution in [0.5, 0.6) is 0 Å². The number of amides is 1. The van der Waals surface area contributed by atoms with Crippen LogP contribution < -0.4 is 0 Å². The summed E-state index contributed by atoms with van der Waals surface area (Å²) in [7, 11) is 0. The molecular weight excluding hydrogens is 280 g/mol. The van der Waals surface area contributed by atoms with E-state index in [1.54, 1.807) is 6.08 Å². The normalized spacial score (nSPS) is 22.9. The molecule has 0 saturated carbocycles. The second-order valence-electron chi connectivity index (χ2n) is 4.30. The Morgan fingerprint density at radius 2 is 2.10 bits per heavy atom. The van der Waals surface area contributed by atoms with Gasteiger partial charge in [-0.2, -0.15) is 0 Å². The predicted molar refractivity (Wildman–Crippen MR) is 76.4 cm³/mol. The van der Waals surface area contributed by atoms with Gasteiger partial charge in [0.25, 0.3) is 5.91 Å². The number of benzene rings is 1. The predicted octanol–water partition coefficient (Wildman–Crippen LogP) is 3.51. The van der Waals surface area contributed by atoms with E-state index in [1.165, 1.54) is 17.8 Å². The molecule has 3 rings (SSSR count). The van der Waals surface area contributed by atoms with Crippen LogP contribution in [0, 0.1) is 11.6 Å². The van der Waals surface area contributed by atoms with Crippen LogP contribution in [0.2, 0.25) is 0 Å². The molecule has 1 amide bonds. The Morgan fingerprint density at radius 3 is 2.95 bits per heavy atom. The number of aliphatic imine (C=N–C) groups is 1. The van der Waals surface area contributed by atoms with E-state index in [0.717, 1.165) is 18.2 Å². The van der Waals surface area contributed by atoms with Crippen LogP contribution >= 0.6 is 11.8 Å². The first kappa shape index (κ1) is 13.0. The number of carbonyl (C=O) groups is 1. The monoisotopic (exact) mass is 289 g/mol. The molecule has 0 radical (unpaired) electrons. The van der Waals surface area contributed by atoms with Crippen molar-refractivity contribution in [2.24, 2.45) is 4.99 Å². The molecule has 0 saturated heterocycles. The summed E-state index contributed by atoms with van der Waals surface area (Å²) in [6, 6.07) is 3.14. The number of allylic oxidation sites excluding steroid dienone is 3. The van der Waals surface area contributed by atoms with Gasteiger partial charge in [-0.25, -0.2) is 13.8 Å². The quantitative estimate of drug-likeness (QED) is 0.740. The molecule has 1 aromatic rings. The first-order chi connectivity index (χ1) is 9.63. The van der Waals surface area contributed by atoms with Crippen LogP contribution in [-0.2, 0) is 4.79 Å². The van der Waals surface area contributed by atoms with Gasteiger partial charge >= 0.3 is 0 Å². The summed E-state index contributed by atoms with van der Waals surface area (Å²) < 4.78 is 26.7. The van der Waals surface area contributed by atoms with Gasteiger partial charge in [-0.15, -0.1) is 11.8 Å². The molecule has 20 heavy (non-hydrogen) atoms. The van der Waals surface area contributed by atoms with E-state index < -0.39 is 17.5 Å². The van der Waals surface area contributed by atoms with E-state index in [-0.39, 0.29) is 10.8 Å². The minimum absolute atomic E-state index is 0.0508. The van der Waals surface area contributed by atoms with Gasteiger partial charge in [-0.05, 0) is 30.4 Å². The van der Waals surface area contributed by atoms with Gasteiger partial charge in [0.1, 0.15) is 11.6 Å². The maximum atomic E-state index is 13.6. The van der Waals surface area contributed by atoms with E-state index in [2.05, 4.69) is 4.99 Å². The van der Waals surface area contributed by atoms with Gasteiger partial charge in [0, 0.05) is 5.56 Å². The lowest BCUT2D eigenvalue weighted by Gasteiger charge is -2.20. The summed E-state index contributed by atoms with van der Waals surface area (Å²) in [6.07, 6.45) is 8.70. The second kappa shape index (κ2) is 5.17. The highest BCUT2D eigenvalue weighted by Gasteiger charge is 2.26. The molecule has 0 N–H and O–H groups in total. The number of hydrogen-bond donors (Lipinski definition) is 0. The van der Waals surface area contributed by atoms with E-state index in [4.69, 9.17) is 0 Å². The van der Waals surface area contributed by atoms with Crippen LogP contribution in [0.3, 0.4) is 0 Å². The maximum Gasteiger partial charge on any atom is 0.283 e. The highest BCUT2D eigenvalue weighted by molar-refractivity contribution is 8.05. The molecule has 1 unspecified atom stereocenters. The van der Waals surface area contributed by atoms with Gasteiger partial charge < -0.3 is 0 Å². The molecule has 2 nitrogen and oxygen atoms in total. The zero-order valence-electron chi connectivity index (χ0n) is 10.2. The Bertz CT molecular complexity index is 704. The standard InChI is InChI=1S/C15H9F2NOS/c16-10-5-6-11(17)9(7-10)8-14-15(19)18-12-3-1-2-4-13(12)20-14/h1-8,13H/b14-8-. The highest BCUT2D eigenvalue weighted by atomic mass is 32.2. The fourth-order valence-corrected chi connectivity index (χ4v) is 2.97. The van der Waals surface area contributed by atoms with Crippen molar-refractivity contribution < 1.29 is 13.6 Å². The van der Waals surface area contributed by atoms with Crippen molar-refractivity contribution in [2.75, 3.05) is 0 Å². The van der Waals surface area contributed by atoms with E-state index in [9.17, 15) is 13.6 Å². The van der Waals surface area contributed by atoms with Crippen LogP contribution in [0.25, 0.3) is 6.08 Å². The molecule has 1 heterocycles. The average Bonchev–Trinajstić information content (AvgIpc) is 2.43. The van der Waals surface area contributed by atoms with Gasteiger partial charge in [0.2, 0.25) is 0 Å². The van der Waals surface area contributed by atoms with Crippen LogP contribution in [0.15, 0.2) is 52.4 Å². The third-order valence-electron chi connectivity index (χ3n) is 2.90. The molecule has 1 aromatic carbocycles. The molecule has 1 atom stereocenters. The summed E-state index contributed by atoms with van der Waals surface area (Å²) in [5.41, 5.74) is 0.731. The third-order valence-corrected chi connectivity index (χ3v) is 4.09. The number of hydrogen-bond acceptors (Lipinski definition) is 2. The zero-order valence-corrected chi connectivity index (χ0v) is 11.0. The first-order valence-electron chi connectivity index (χ1n) is 5.95. The molecule has 0 fully saturated rings. The Labute approximate surface area is 118 Å². The molecule has 100 valence electrons. The minimum atomic E-state index is -0.568. The lowest BCUT2D eigenvalue weighted by atomic mass is 10.1. The van der Waals surface area contributed by atoms with Crippen molar-refractivity contribution in [1.82, 2.24) is 0 Å². The van der Waals surface area contributed by atoms with Crippen molar-refractivity contribution in [1.29, 1.82) is 0 Å². The van der Waals surface area contributed by atoms with Gasteiger partial charge in [-0.3, -0.25) is 4.79 Å². The molecule has 0 spiro atoms. The zero-order chi connectivity index (χ0) is 14.1. The smallest absolute Gasteiger partial charge is 0.266 e. The Balaban J connectivity index is 1.98. The number of halogens is 2. The molecule has 2 aliphatic rings. The minimum Gasteiger partial charge on any atom is -0.266 e. The number of rotatable bonds is 1. The molecule has 5 heteroatoms. The summed E-state index contributed by atoms with van der Waals surface area (Å²) in [5, 5.41) is -0.0550. The summed E-state index contributed by atoms with van der Waals surface area (Å²) in [5.74, 6) is -1.54. The van der Waals surface area contributed by atoms with Gasteiger partial charge in [0.05, 0.1) is 15.9 Å². The Morgan fingerprint density at radius 1 is 1.25 bits per heavy atom. The lowest BCUT2D eigenvalue weighted by molar-refractivity contribution is -0.113. The van der Waals surface area contributed by atoms with Gasteiger partial charge in [0.15, 0.2) is 0 Å². The average molecular weight is 289 g/mol. The van der Waals surface area contributed by atoms with E-state index >= 15 is 0 Å². The molecular formula is C15H9F2NOS. The van der Waals surface area contributed by atoms with Crippen LogP contribution in [-0.4, -0.2) is 16.9 Å². The first-order valence-corrected chi connectivity index (χ1v) is 6.82. The van der Waals surface area contributed by atoms with Crippen LogP contribution in [0.1, 0.15) is 5.56 Å². The molecule has 1 aliphatic carbocycles. The van der Waals surface area contributed by atoms with Crippen molar-refractivity contribution in [3.8, 4) is 0 Å². The Kier molecular flexibility index (Phi) is 3.36. The third kappa shape index (κ3) is 2.49. The molecule has 0 aromatic heterocycles. The molecule has 1 aliphatic heterocycles. The summed E-state index contributed by atoms with van der Waals surface area (Å²) >= 11 is 1.29. The van der Waals surface area contributed by atoms with Gasteiger partial charge in [-0.1, -0.05) is 18.2 Å². The van der Waals surface area contributed by atoms with E-state index in [0.29, 0.717) is 10.6 Å². The molecule has 0 bridgehead atoms. The fraction of sp³-hybridized carbons (Fsp3) is 0.0667. The topological polar surface area (TPSA) is 29.4 Å². The second-order valence-corrected chi connectivity index (χ2v) is 5.48. The van der Waals surface area contributed by atoms with Crippen molar-refractivity contribution in [3.05, 3.63) is 64.6 Å². The number of fused-ring (bicyclic) bond motifs is 1. The van der Waals surface area contributed by atoms with Crippen molar-refractivity contribution in [2.45, 2.75) is 5.25 Å². The largest absolute Gasteiger partial charge is 0.283 e. The Hall–Kier alpha value is -2.01. The number of carbonyl (C=O) groups excluding carboxylic acids is 1. The SMILES string of the molecule is O=C1N=C2C=CC=CC2S/C1=C\c1cc(F)ccc1F. The fourth-order valence-electron chi connectivity index (χ4n) is 1.93. The lowest BCUT2D eigenvalue weighted by Crippen LogP contribution is -2.22. The maximum absolute atomic E-state index is 13.6. The number of nitrogens with zero attached hydrogens (tertiary/aromatic N) is 1. The summed E-state index contributed by atoms with van der Waals surface area (Å²) in [4.78, 5) is 16.2. The number of thioether (sulfide) groups is 1.